The van der Waals surface area contributed by atoms with Gasteiger partial charge in [-0.05, 0) is 69.6 Å². The minimum atomic E-state index is -0.307. The fourth-order valence-corrected chi connectivity index (χ4v) is 5.39. The van der Waals surface area contributed by atoms with Gasteiger partial charge < -0.3 is 9.47 Å². The Morgan fingerprint density at radius 3 is 2.41 bits per heavy atom. The lowest BCUT2D eigenvalue weighted by molar-refractivity contribution is -0.140. The summed E-state index contributed by atoms with van der Waals surface area (Å²) in [6.45, 7) is 0.235. The molecule has 1 heterocycles. The number of allylic oxidation sites excluding steroid dienone is 2. The highest BCUT2D eigenvalue weighted by Crippen LogP contribution is 2.52. The number of carbonyl (C=O) groups is 2. The molecule has 0 aromatic heterocycles. The van der Waals surface area contributed by atoms with Crippen molar-refractivity contribution in [1.82, 2.24) is 5.01 Å². The number of hydrogen-bond acceptors (Lipinski definition) is 5. The number of nitrogens with zero attached hydrogens (tertiary/aromatic N) is 2. The predicted molar refractivity (Wildman–Crippen MR) is 119 cm³/mol. The van der Waals surface area contributed by atoms with Gasteiger partial charge in [-0.15, -0.1) is 0 Å². The van der Waals surface area contributed by atoms with E-state index in [4.69, 9.17) is 9.47 Å². The third-order valence-electron chi connectivity index (χ3n) is 6.32. The highest BCUT2D eigenvalue weighted by molar-refractivity contribution is 9.10. The quantitative estimate of drug-likeness (QED) is 0.338. The largest absolute Gasteiger partial charge is 0.493 e. The molecular weight excluding hydrogens is 479 g/mol. The van der Waals surface area contributed by atoms with Crippen molar-refractivity contribution in [1.29, 1.82) is 0 Å². The van der Waals surface area contributed by atoms with Crippen LogP contribution in [-0.2, 0) is 16.2 Å². The molecule has 164 valence electrons. The molecule has 32 heavy (non-hydrogen) atoms. The number of methoxy groups -OCH3 is 1. The lowest BCUT2D eigenvalue weighted by Crippen LogP contribution is -2.28. The summed E-state index contributed by atoms with van der Waals surface area (Å²) in [5.74, 6) is -0.0748. The maximum atomic E-state index is 13.1. The van der Waals surface area contributed by atoms with Gasteiger partial charge in [-0.3, -0.25) is 9.59 Å². The van der Waals surface area contributed by atoms with E-state index in [9.17, 15) is 14.0 Å². The first-order valence-corrected chi connectivity index (χ1v) is 11.1. The second kappa shape index (κ2) is 8.16. The average molecular weight is 499 g/mol. The lowest BCUT2D eigenvalue weighted by atomic mass is 9.85. The number of carbonyl (C=O) groups excluding carboxylic acids is 2. The minimum Gasteiger partial charge on any atom is -0.493 e. The van der Waals surface area contributed by atoms with Gasteiger partial charge in [-0.1, -0.05) is 24.3 Å². The number of fused-ring (bicyclic) bond motifs is 5. The maximum absolute atomic E-state index is 13.1. The van der Waals surface area contributed by atoms with E-state index >= 15 is 0 Å². The summed E-state index contributed by atoms with van der Waals surface area (Å²) in [7, 11) is 1.52. The Kier molecular flexibility index (Phi) is 5.33. The molecule has 4 unspecified atom stereocenters. The first-order chi connectivity index (χ1) is 15.5. The third-order valence-corrected chi connectivity index (χ3v) is 6.91. The average Bonchev–Trinajstić information content (AvgIpc) is 3.46. The smallest absolute Gasteiger partial charge is 0.254 e. The van der Waals surface area contributed by atoms with Crippen LogP contribution >= 0.6 is 15.9 Å². The fraction of sp³-hybridized carbons (Fsp3) is 0.292. The van der Waals surface area contributed by atoms with Gasteiger partial charge in [0.15, 0.2) is 11.5 Å². The van der Waals surface area contributed by atoms with Crippen LogP contribution in [0.4, 0.5) is 4.39 Å². The zero-order valence-electron chi connectivity index (χ0n) is 17.2. The van der Waals surface area contributed by atoms with Crippen LogP contribution in [-0.4, -0.2) is 30.1 Å². The lowest BCUT2D eigenvalue weighted by Gasteiger charge is -2.14. The van der Waals surface area contributed by atoms with E-state index in [0.717, 1.165) is 17.0 Å². The molecule has 2 amide bonds. The molecule has 2 aliphatic carbocycles. The maximum Gasteiger partial charge on any atom is 0.254 e. The number of imide groups is 1. The molecule has 4 atom stereocenters. The molecule has 1 aliphatic heterocycles. The third kappa shape index (κ3) is 3.52. The van der Waals surface area contributed by atoms with E-state index in [1.807, 2.05) is 0 Å². The Balaban J connectivity index is 1.33. The van der Waals surface area contributed by atoms with E-state index in [0.29, 0.717) is 21.5 Å². The summed E-state index contributed by atoms with van der Waals surface area (Å²) in [5.41, 5.74) is 1.45. The summed E-state index contributed by atoms with van der Waals surface area (Å²) in [6.07, 6.45) is 6.46. The standard InChI is InChI=1S/C24H20BrFN2O4/c1-31-19-9-14(8-18(25)22(19)32-12-13-2-6-17(26)7-3-13)11-27-28-23(29)20-15-4-5-16(10-15)21(20)24(28)30/h2-9,11,15-16,20-21H,10,12H2,1H3. The summed E-state index contributed by atoms with van der Waals surface area (Å²) >= 11 is 3.48. The predicted octanol–water partition coefficient (Wildman–Crippen LogP) is 4.32. The Morgan fingerprint density at radius 1 is 1.12 bits per heavy atom. The molecule has 2 fully saturated rings. The van der Waals surface area contributed by atoms with Gasteiger partial charge in [0.25, 0.3) is 11.8 Å². The van der Waals surface area contributed by atoms with Crippen molar-refractivity contribution in [3.63, 3.8) is 0 Å². The van der Waals surface area contributed by atoms with Gasteiger partial charge in [0.2, 0.25) is 0 Å². The van der Waals surface area contributed by atoms with Crippen molar-refractivity contribution in [2.75, 3.05) is 7.11 Å². The van der Waals surface area contributed by atoms with E-state index in [1.165, 1.54) is 25.5 Å². The SMILES string of the molecule is COc1cc(C=NN2C(=O)C3C4C=CC(C4)C3C2=O)cc(Br)c1OCc1ccc(F)cc1. The number of amides is 2. The molecule has 5 rings (SSSR count). The van der Waals surface area contributed by atoms with E-state index in [-0.39, 0.29) is 47.9 Å². The molecular formula is C24H20BrFN2O4. The van der Waals surface area contributed by atoms with E-state index in [2.05, 4.69) is 33.2 Å². The second-order valence-corrected chi connectivity index (χ2v) is 9.04. The Morgan fingerprint density at radius 2 is 1.78 bits per heavy atom. The van der Waals surface area contributed by atoms with Crippen LogP contribution in [0, 0.1) is 29.5 Å². The Bertz CT molecular complexity index is 1120. The van der Waals surface area contributed by atoms with E-state index < -0.39 is 0 Å². The normalized spacial score (nSPS) is 25.8. The highest BCUT2D eigenvalue weighted by atomic mass is 79.9. The molecule has 8 heteroatoms. The number of rotatable bonds is 6. The summed E-state index contributed by atoms with van der Waals surface area (Å²) in [6, 6.07) is 9.53. The highest BCUT2D eigenvalue weighted by Gasteiger charge is 2.59. The molecule has 2 aromatic rings. The van der Waals surface area contributed by atoms with Crippen LogP contribution in [0.25, 0.3) is 0 Å². The van der Waals surface area contributed by atoms with Crippen molar-refractivity contribution in [2.45, 2.75) is 13.0 Å². The zero-order valence-corrected chi connectivity index (χ0v) is 18.8. The topological polar surface area (TPSA) is 68.2 Å². The fourth-order valence-electron chi connectivity index (χ4n) is 4.82. The van der Waals surface area contributed by atoms with Crippen molar-refractivity contribution in [3.8, 4) is 11.5 Å². The molecule has 3 aliphatic rings. The van der Waals surface area contributed by atoms with Gasteiger partial charge in [-0.25, -0.2) is 4.39 Å². The Labute approximate surface area is 192 Å². The van der Waals surface area contributed by atoms with Crippen molar-refractivity contribution < 1.29 is 23.5 Å². The molecule has 0 radical (unpaired) electrons. The van der Waals surface area contributed by atoms with Crippen molar-refractivity contribution in [2.24, 2.45) is 28.8 Å². The molecule has 6 nitrogen and oxygen atoms in total. The number of benzene rings is 2. The number of hydrazone groups is 1. The summed E-state index contributed by atoms with van der Waals surface area (Å²) < 4.78 is 25.0. The summed E-state index contributed by atoms with van der Waals surface area (Å²) in [4.78, 5) is 25.5. The van der Waals surface area contributed by atoms with Gasteiger partial charge >= 0.3 is 0 Å². The van der Waals surface area contributed by atoms with Crippen molar-refractivity contribution in [3.05, 3.63) is 70.0 Å². The molecule has 2 aromatic carbocycles. The summed E-state index contributed by atoms with van der Waals surface area (Å²) in [5, 5.41) is 5.23. The van der Waals surface area contributed by atoms with Gasteiger partial charge in [0.1, 0.15) is 12.4 Å². The Hall–Kier alpha value is -3.00. The molecule has 0 spiro atoms. The molecule has 2 bridgehead atoms. The molecule has 1 saturated carbocycles. The van der Waals surface area contributed by atoms with Crippen LogP contribution in [0.5, 0.6) is 11.5 Å². The number of halogens is 2. The zero-order chi connectivity index (χ0) is 22.4. The van der Waals surface area contributed by atoms with Gasteiger partial charge in [-0.2, -0.15) is 10.1 Å². The molecule has 1 saturated heterocycles. The first kappa shape index (κ1) is 20.9. The monoisotopic (exact) mass is 498 g/mol. The number of hydrogen-bond donors (Lipinski definition) is 0. The second-order valence-electron chi connectivity index (χ2n) is 8.18. The first-order valence-electron chi connectivity index (χ1n) is 10.3. The van der Waals surface area contributed by atoms with Crippen LogP contribution in [0.1, 0.15) is 17.5 Å². The van der Waals surface area contributed by atoms with Crippen LogP contribution < -0.4 is 9.47 Å². The van der Waals surface area contributed by atoms with Gasteiger partial charge in [0.05, 0.1) is 29.6 Å². The van der Waals surface area contributed by atoms with Crippen LogP contribution in [0.3, 0.4) is 0 Å². The van der Waals surface area contributed by atoms with Crippen LogP contribution in [0.15, 0.2) is 58.1 Å². The minimum absolute atomic E-state index is 0.147. The van der Waals surface area contributed by atoms with E-state index in [1.54, 1.807) is 24.3 Å². The number of ether oxygens (including phenoxy) is 2. The van der Waals surface area contributed by atoms with Crippen molar-refractivity contribution >= 4 is 34.0 Å². The van der Waals surface area contributed by atoms with Crippen LogP contribution in [0.2, 0.25) is 0 Å². The van der Waals surface area contributed by atoms with Gasteiger partial charge in [0, 0.05) is 0 Å². The molecule has 0 N–H and O–H groups in total.